The van der Waals surface area contributed by atoms with E-state index in [0.29, 0.717) is 23.3 Å². The summed E-state index contributed by atoms with van der Waals surface area (Å²) in [6, 6.07) is 8.59. The molecule has 2 aliphatic rings. The van der Waals surface area contributed by atoms with Crippen molar-refractivity contribution in [2.24, 2.45) is 5.92 Å². The number of piperidine rings is 2. The molecule has 138 valence electrons. The maximum Gasteiger partial charge on any atom is 0.256 e. The number of nitrogens with zero attached hydrogens (tertiary/aromatic N) is 2. The Hall–Kier alpha value is -2.14. The quantitative estimate of drug-likeness (QED) is 0.912. The molecule has 0 bridgehead atoms. The molecule has 2 aliphatic heterocycles. The third-order valence-corrected chi connectivity index (χ3v) is 5.88. The summed E-state index contributed by atoms with van der Waals surface area (Å²) in [5, 5.41) is 7.00. The lowest BCUT2D eigenvalue weighted by Gasteiger charge is -2.44. The van der Waals surface area contributed by atoms with E-state index in [0.717, 1.165) is 12.1 Å². The number of carbonyl (C=O) groups excluding carboxylic acids is 1. The average Bonchev–Trinajstić information content (AvgIpc) is 3.16. The fourth-order valence-electron chi connectivity index (χ4n) is 4.45. The van der Waals surface area contributed by atoms with Gasteiger partial charge < -0.3 is 14.7 Å². The number of carbonyl (C=O) groups is 1. The van der Waals surface area contributed by atoms with E-state index in [2.05, 4.69) is 15.4 Å². The Morgan fingerprint density at radius 2 is 2.00 bits per heavy atom. The molecule has 26 heavy (non-hydrogen) atoms. The predicted octanol–water partition coefficient (Wildman–Crippen LogP) is 3.64. The van der Waals surface area contributed by atoms with Crippen LogP contribution in [0.15, 0.2) is 35.0 Å². The number of fused-ring (bicyclic) bond motifs is 1. The second kappa shape index (κ2) is 7.62. The van der Waals surface area contributed by atoms with E-state index in [1.807, 2.05) is 31.2 Å². The monoisotopic (exact) mass is 353 g/mol. The number of aryl methyl sites for hydroxylation is 1. The molecule has 2 saturated heterocycles. The largest absolute Gasteiger partial charge is 0.355 e. The third-order valence-electron chi connectivity index (χ3n) is 5.88. The number of benzene rings is 1. The van der Waals surface area contributed by atoms with Gasteiger partial charge >= 0.3 is 0 Å². The Morgan fingerprint density at radius 1 is 1.19 bits per heavy atom. The molecule has 0 spiro atoms. The lowest BCUT2D eigenvalue weighted by atomic mass is 9.83. The van der Waals surface area contributed by atoms with Crippen LogP contribution in [0.2, 0.25) is 0 Å². The summed E-state index contributed by atoms with van der Waals surface area (Å²) in [6.07, 6.45) is 7.86. The summed E-state index contributed by atoms with van der Waals surface area (Å²) in [5.74, 6) is 1.01. The smallest absolute Gasteiger partial charge is 0.256 e. The number of hydrogen-bond acceptors (Lipinski definition) is 4. The van der Waals surface area contributed by atoms with Crippen LogP contribution in [0, 0.1) is 12.8 Å². The van der Waals surface area contributed by atoms with Crippen LogP contribution in [0.3, 0.4) is 0 Å². The normalized spacial score (nSPS) is 23.4. The standard InChI is InChI=1S/C21H27N3O2/c1-15-7-9-16(10-8-15)20-18(14-23-26-20)21(25)22-13-17-5-4-12-24-11-3-2-6-19(17)24/h7-10,14,17,19H,2-6,11-13H2,1H3,(H,22,25). The molecule has 0 radical (unpaired) electrons. The SMILES string of the molecule is Cc1ccc(-c2oncc2C(=O)NCC2CCCN3CCCCC23)cc1. The molecule has 1 amide bonds. The van der Waals surface area contributed by atoms with Crippen molar-refractivity contribution in [3.8, 4) is 11.3 Å². The van der Waals surface area contributed by atoms with Gasteiger partial charge in [-0.3, -0.25) is 4.79 Å². The van der Waals surface area contributed by atoms with Crippen molar-refractivity contribution in [3.63, 3.8) is 0 Å². The summed E-state index contributed by atoms with van der Waals surface area (Å²) in [5.41, 5.74) is 2.58. The molecule has 0 saturated carbocycles. The molecular weight excluding hydrogens is 326 g/mol. The molecular formula is C21H27N3O2. The van der Waals surface area contributed by atoms with E-state index in [1.54, 1.807) is 0 Å². The van der Waals surface area contributed by atoms with Crippen molar-refractivity contribution >= 4 is 5.91 Å². The lowest BCUT2D eigenvalue weighted by Crippen LogP contribution is -2.51. The van der Waals surface area contributed by atoms with Crippen LogP contribution in [0.25, 0.3) is 11.3 Å². The zero-order chi connectivity index (χ0) is 17.9. The van der Waals surface area contributed by atoms with Gasteiger partial charge in [0.1, 0.15) is 5.56 Å². The zero-order valence-corrected chi connectivity index (χ0v) is 15.4. The number of aromatic nitrogens is 1. The van der Waals surface area contributed by atoms with Gasteiger partial charge in [0.2, 0.25) is 0 Å². The highest BCUT2D eigenvalue weighted by Crippen LogP contribution is 2.30. The Balaban J connectivity index is 1.43. The maximum absolute atomic E-state index is 12.7. The molecule has 0 aliphatic carbocycles. The first-order chi connectivity index (χ1) is 12.7. The Kier molecular flexibility index (Phi) is 5.07. The van der Waals surface area contributed by atoms with Crippen molar-refractivity contribution in [2.45, 2.75) is 45.1 Å². The molecule has 1 N–H and O–H groups in total. The van der Waals surface area contributed by atoms with Crippen molar-refractivity contribution in [1.82, 2.24) is 15.4 Å². The van der Waals surface area contributed by atoms with Gasteiger partial charge in [-0.25, -0.2) is 0 Å². The number of rotatable bonds is 4. The van der Waals surface area contributed by atoms with Gasteiger partial charge in [-0.05, 0) is 51.6 Å². The number of hydrogen-bond donors (Lipinski definition) is 1. The average molecular weight is 353 g/mol. The first-order valence-corrected chi connectivity index (χ1v) is 9.76. The van der Waals surface area contributed by atoms with E-state index in [9.17, 15) is 4.79 Å². The maximum atomic E-state index is 12.7. The minimum Gasteiger partial charge on any atom is -0.355 e. The van der Waals surface area contributed by atoms with Crippen molar-refractivity contribution in [2.75, 3.05) is 19.6 Å². The van der Waals surface area contributed by atoms with Gasteiger partial charge in [0, 0.05) is 18.2 Å². The Bertz CT molecular complexity index is 751. The van der Waals surface area contributed by atoms with Crippen LogP contribution >= 0.6 is 0 Å². The van der Waals surface area contributed by atoms with Crippen molar-refractivity contribution in [1.29, 1.82) is 0 Å². The predicted molar refractivity (Wildman–Crippen MR) is 101 cm³/mol. The van der Waals surface area contributed by atoms with Crippen LogP contribution in [0.4, 0.5) is 0 Å². The van der Waals surface area contributed by atoms with Crippen LogP contribution in [0.1, 0.15) is 48.0 Å². The van der Waals surface area contributed by atoms with Gasteiger partial charge in [-0.2, -0.15) is 0 Å². The van der Waals surface area contributed by atoms with Crippen LogP contribution < -0.4 is 5.32 Å². The summed E-state index contributed by atoms with van der Waals surface area (Å²) in [6.45, 7) is 5.21. The van der Waals surface area contributed by atoms with Gasteiger partial charge in [-0.1, -0.05) is 41.4 Å². The molecule has 2 atom stereocenters. The second-order valence-corrected chi connectivity index (χ2v) is 7.65. The molecule has 2 aromatic rings. The number of nitrogens with one attached hydrogen (secondary N) is 1. The van der Waals surface area contributed by atoms with E-state index >= 15 is 0 Å². The van der Waals surface area contributed by atoms with Crippen molar-refractivity contribution < 1.29 is 9.32 Å². The van der Waals surface area contributed by atoms with Gasteiger partial charge in [-0.15, -0.1) is 0 Å². The highest BCUT2D eigenvalue weighted by Gasteiger charge is 2.33. The summed E-state index contributed by atoms with van der Waals surface area (Å²) >= 11 is 0. The highest BCUT2D eigenvalue weighted by molar-refractivity contribution is 5.99. The first-order valence-electron chi connectivity index (χ1n) is 9.76. The van der Waals surface area contributed by atoms with E-state index in [1.165, 1.54) is 57.0 Å². The van der Waals surface area contributed by atoms with Gasteiger partial charge in [0.15, 0.2) is 5.76 Å². The molecule has 1 aromatic heterocycles. The fraction of sp³-hybridized carbons (Fsp3) is 0.524. The van der Waals surface area contributed by atoms with E-state index < -0.39 is 0 Å². The molecule has 3 heterocycles. The number of amides is 1. The molecule has 1 aromatic carbocycles. The first kappa shape index (κ1) is 17.3. The van der Waals surface area contributed by atoms with Crippen LogP contribution in [-0.2, 0) is 0 Å². The second-order valence-electron chi connectivity index (χ2n) is 7.65. The topological polar surface area (TPSA) is 58.4 Å². The third kappa shape index (κ3) is 3.54. The molecule has 5 heteroatoms. The zero-order valence-electron chi connectivity index (χ0n) is 15.4. The van der Waals surface area contributed by atoms with E-state index in [-0.39, 0.29) is 5.91 Å². The van der Waals surface area contributed by atoms with Crippen molar-refractivity contribution in [3.05, 3.63) is 41.6 Å². The van der Waals surface area contributed by atoms with Crippen LogP contribution in [0.5, 0.6) is 0 Å². The summed E-state index contributed by atoms with van der Waals surface area (Å²) < 4.78 is 5.37. The Labute approximate surface area is 154 Å². The molecule has 2 fully saturated rings. The summed E-state index contributed by atoms with van der Waals surface area (Å²) in [4.78, 5) is 15.4. The van der Waals surface area contributed by atoms with Gasteiger partial charge in [0.25, 0.3) is 5.91 Å². The summed E-state index contributed by atoms with van der Waals surface area (Å²) in [7, 11) is 0. The minimum atomic E-state index is -0.0882. The lowest BCUT2D eigenvalue weighted by molar-refractivity contribution is 0.0575. The minimum absolute atomic E-state index is 0.0882. The fourth-order valence-corrected chi connectivity index (χ4v) is 4.45. The van der Waals surface area contributed by atoms with Crippen LogP contribution in [-0.4, -0.2) is 41.6 Å². The highest BCUT2D eigenvalue weighted by atomic mass is 16.5. The molecule has 5 nitrogen and oxygen atoms in total. The van der Waals surface area contributed by atoms with E-state index in [4.69, 9.17) is 4.52 Å². The molecule has 4 rings (SSSR count). The van der Waals surface area contributed by atoms with Gasteiger partial charge in [0.05, 0.1) is 6.20 Å². The molecule has 2 unspecified atom stereocenters. The Morgan fingerprint density at radius 3 is 2.85 bits per heavy atom.